The molecule has 0 aliphatic carbocycles. The number of aliphatic hydroxyl groups excluding tert-OH is 1. The summed E-state index contributed by atoms with van der Waals surface area (Å²) in [5, 5.41) is 13.5. The maximum absolute atomic E-state index is 11.1. The predicted octanol–water partition coefficient (Wildman–Crippen LogP) is 0.890. The van der Waals surface area contributed by atoms with Crippen LogP contribution in [-0.2, 0) is 22.0 Å². The Morgan fingerprint density at radius 1 is 1.32 bits per heavy atom. The minimum absolute atomic E-state index is 0.109. The lowest BCUT2D eigenvalue weighted by Crippen LogP contribution is -2.04. The van der Waals surface area contributed by atoms with E-state index in [1.807, 2.05) is 18.2 Å². The zero-order chi connectivity index (χ0) is 13.9. The van der Waals surface area contributed by atoms with E-state index in [1.54, 1.807) is 12.1 Å². The molecule has 0 saturated heterocycles. The number of hydrogen-bond acceptors (Lipinski definition) is 6. The molecule has 0 radical (unpaired) electrons. The van der Waals surface area contributed by atoms with Crippen LogP contribution in [0.3, 0.4) is 0 Å². The molecule has 1 atom stereocenters. The van der Waals surface area contributed by atoms with Crippen molar-refractivity contribution < 1.29 is 18.0 Å². The monoisotopic (exact) mass is 282 g/mol. The van der Waals surface area contributed by atoms with Gasteiger partial charge in [-0.1, -0.05) is 35.5 Å². The minimum Gasteiger partial charge on any atom is -0.388 e. The first-order chi connectivity index (χ1) is 8.94. The molecule has 0 bridgehead atoms. The molecule has 1 aromatic carbocycles. The van der Waals surface area contributed by atoms with Crippen molar-refractivity contribution in [1.29, 1.82) is 0 Å². The minimum atomic E-state index is -3.19. The molecule has 0 aliphatic heterocycles. The van der Waals surface area contributed by atoms with Crippen molar-refractivity contribution in [3.63, 3.8) is 0 Å². The summed E-state index contributed by atoms with van der Waals surface area (Å²) in [6.07, 6.45) is 0.496. The molecule has 1 heterocycles. The Labute approximate surface area is 111 Å². The van der Waals surface area contributed by atoms with E-state index in [4.69, 9.17) is 4.52 Å². The van der Waals surface area contributed by atoms with Crippen molar-refractivity contribution in [3.8, 4) is 0 Å². The van der Waals surface area contributed by atoms with Crippen LogP contribution in [-0.4, -0.2) is 29.9 Å². The van der Waals surface area contributed by atoms with Crippen molar-refractivity contribution in [1.82, 2.24) is 10.1 Å². The van der Waals surface area contributed by atoms with Crippen LogP contribution in [0.25, 0.3) is 0 Å². The summed E-state index contributed by atoms with van der Waals surface area (Å²) in [6, 6.07) is 9.08. The number of hydrogen-bond donors (Lipinski definition) is 1. The summed E-state index contributed by atoms with van der Waals surface area (Å²) in [5.41, 5.74) is 0.741. The van der Waals surface area contributed by atoms with Crippen LogP contribution >= 0.6 is 0 Å². The summed E-state index contributed by atoms with van der Waals surface area (Å²) in [6.45, 7) is 0. The second kappa shape index (κ2) is 5.50. The molecule has 1 unspecified atom stereocenters. The Hall–Kier alpha value is -1.73. The van der Waals surface area contributed by atoms with E-state index >= 15 is 0 Å². The molecule has 0 amide bonds. The fourth-order valence-electron chi connectivity index (χ4n) is 1.62. The van der Waals surface area contributed by atoms with Crippen LogP contribution in [0.15, 0.2) is 34.9 Å². The summed E-state index contributed by atoms with van der Waals surface area (Å²) < 4.78 is 27.1. The molecule has 6 nitrogen and oxygen atoms in total. The first-order valence-corrected chi connectivity index (χ1v) is 7.72. The first-order valence-electron chi connectivity index (χ1n) is 5.66. The summed E-state index contributed by atoms with van der Waals surface area (Å²) in [4.78, 5) is 3.94. The van der Waals surface area contributed by atoms with Gasteiger partial charge < -0.3 is 9.63 Å². The quantitative estimate of drug-likeness (QED) is 0.875. The Kier molecular flexibility index (Phi) is 3.96. The number of nitrogens with zero attached hydrogens (tertiary/aromatic N) is 2. The zero-order valence-corrected chi connectivity index (χ0v) is 11.2. The largest absolute Gasteiger partial charge is 0.388 e. The third-order valence-electron chi connectivity index (χ3n) is 2.45. The summed E-state index contributed by atoms with van der Waals surface area (Å²) in [5.74, 6) is 0.0607. The highest BCUT2D eigenvalue weighted by molar-refractivity contribution is 7.89. The molecule has 0 spiro atoms. The third kappa shape index (κ3) is 4.15. The Morgan fingerprint density at radius 3 is 2.63 bits per heavy atom. The molecule has 2 rings (SSSR count). The van der Waals surface area contributed by atoms with Crippen LogP contribution in [0, 0.1) is 0 Å². The normalized spacial score (nSPS) is 13.4. The maximum atomic E-state index is 11.1. The van der Waals surface area contributed by atoms with Gasteiger partial charge in [0.05, 0.1) is 12.5 Å². The molecule has 1 aromatic heterocycles. The van der Waals surface area contributed by atoms with Gasteiger partial charge in [-0.25, -0.2) is 8.42 Å². The molecule has 19 heavy (non-hydrogen) atoms. The van der Waals surface area contributed by atoms with Crippen molar-refractivity contribution in [2.75, 3.05) is 6.26 Å². The fourth-order valence-corrected chi connectivity index (χ4v) is 2.21. The molecular formula is C12H14N2O4S. The van der Waals surface area contributed by atoms with Gasteiger partial charge >= 0.3 is 0 Å². The SMILES string of the molecule is CS(=O)(=O)Cc1noc(CC(O)c2ccccc2)n1. The van der Waals surface area contributed by atoms with Crippen LogP contribution in [0.1, 0.15) is 23.4 Å². The molecule has 7 heteroatoms. The first kappa shape index (κ1) is 13.7. The van der Waals surface area contributed by atoms with Gasteiger partial charge in [-0.05, 0) is 5.56 Å². The summed E-state index contributed by atoms with van der Waals surface area (Å²) >= 11 is 0. The standard InChI is InChI=1S/C12H14N2O4S/c1-19(16,17)8-11-13-12(18-14-11)7-10(15)9-5-3-2-4-6-9/h2-6,10,15H,7-8H2,1H3. The highest BCUT2D eigenvalue weighted by Crippen LogP contribution is 2.17. The van der Waals surface area contributed by atoms with Gasteiger partial charge in [0.1, 0.15) is 5.75 Å². The molecule has 0 saturated carbocycles. The zero-order valence-electron chi connectivity index (χ0n) is 10.4. The highest BCUT2D eigenvalue weighted by atomic mass is 32.2. The molecule has 0 aliphatic rings. The van der Waals surface area contributed by atoms with E-state index in [-0.39, 0.29) is 23.9 Å². The van der Waals surface area contributed by atoms with Gasteiger partial charge in [0, 0.05) is 6.26 Å². The van der Waals surface area contributed by atoms with Crippen LogP contribution < -0.4 is 0 Å². The Balaban J connectivity index is 2.04. The van der Waals surface area contributed by atoms with Gasteiger partial charge in [-0.3, -0.25) is 0 Å². The molecule has 0 fully saturated rings. The van der Waals surface area contributed by atoms with E-state index in [2.05, 4.69) is 10.1 Å². The van der Waals surface area contributed by atoms with E-state index in [1.165, 1.54) is 0 Å². The highest BCUT2D eigenvalue weighted by Gasteiger charge is 2.16. The van der Waals surface area contributed by atoms with E-state index < -0.39 is 15.9 Å². The van der Waals surface area contributed by atoms with E-state index in [9.17, 15) is 13.5 Å². The van der Waals surface area contributed by atoms with Gasteiger partial charge in [0.2, 0.25) is 5.89 Å². The lowest BCUT2D eigenvalue weighted by molar-refractivity contribution is 0.164. The van der Waals surface area contributed by atoms with Crippen LogP contribution in [0.5, 0.6) is 0 Å². The van der Waals surface area contributed by atoms with Crippen molar-refractivity contribution in [2.24, 2.45) is 0 Å². The number of aromatic nitrogens is 2. The molecule has 2 aromatic rings. The van der Waals surface area contributed by atoms with Crippen molar-refractivity contribution in [2.45, 2.75) is 18.3 Å². The van der Waals surface area contributed by atoms with Crippen molar-refractivity contribution in [3.05, 3.63) is 47.6 Å². The van der Waals surface area contributed by atoms with Gasteiger partial charge in [-0.15, -0.1) is 0 Å². The molecule has 1 N–H and O–H groups in total. The lowest BCUT2D eigenvalue weighted by Gasteiger charge is -2.07. The van der Waals surface area contributed by atoms with Crippen molar-refractivity contribution >= 4 is 9.84 Å². The van der Waals surface area contributed by atoms with Gasteiger partial charge in [-0.2, -0.15) is 4.98 Å². The number of sulfone groups is 1. The number of benzene rings is 1. The van der Waals surface area contributed by atoms with Gasteiger partial charge in [0.15, 0.2) is 15.7 Å². The average Bonchev–Trinajstić information content (AvgIpc) is 2.75. The fraction of sp³-hybridized carbons (Fsp3) is 0.333. The number of rotatable bonds is 5. The van der Waals surface area contributed by atoms with Crippen LogP contribution in [0.4, 0.5) is 0 Å². The maximum Gasteiger partial charge on any atom is 0.229 e. The second-order valence-corrected chi connectivity index (χ2v) is 6.45. The second-order valence-electron chi connectivity index (χ2n) is 4.31. The summed E-state index contributed by atoms with van der Waals surface area (Å²) in [7, 11) is -3.19. The number of aliphatic hydroxyl groups is 1. The lowest BCUT2D eigenvalue weighted by atomic mass is 10.1. The predicted molar refractivity (Wildman–Crippen MR) is 68.0 cm³/mol. The molecule has 102 valence electrons. The van der Waals surface area contributed by atoms with Gasteiger partial charge in [0.25, 0.3) is 0 Å². The Bertz CT molecular complexity index is 637. The smallest absolute Gasteiger partial charge is 0.229 e. The topological polar surface area (TPSA) is 93.3 Å². The third-order valence-corrected chi connectivity index (χ3v) is 3.24. The van der Waals surface area contributed by atoms with E-state index in [0.29, 0.717) is 0 Å². The van der Waals surface area contributed by atoms with E-state index in [0.717, 1.165) is 11.8 Å². The van der Waals surface area contributed by atoms with Crippen LogP contribution in [0.2, 0.25) is 0 Å². The average molecular weight is 282 g/mol. The molecular weight excluding hydrogens is 268 g/mol. The Morgan fingerprint density at radius 2 is 2.00 bits per heavy atom.